The van der Waals surface area contributed by atoms with Crippen LogP contribution in [-0.2, 0) is 9.53 Å². The predicted molar refractivity (Wildman–Crippen MR) is 39.2 cm³/mol. The largest absolute Gasteiger partial charge is 0.480 e. The van der Waals surface area contributed by atoms with Crippen molar-refractivity contribution in [1.82, 2.24) is 4.90 Å². The maximum Gasteiger partial charge on any atom is 0.320 e. The van der Waals surface area contributed by atoms with E-state index in [1.165, 1.54) is 0 Å². The Hall–Kier alpha value is -0.610. The van der Waals surface area contributed by atoms with Crippen molar-refractivity contribution in [2.24, 2.45) is 0 Å². The lowest BCUT2D eigenvalue weighted by Gasteiger charge is -2.21. The molecule has 0 aromatic carbocycles. The third kappa shape index (κ3) is 1.52. The Kier molecular flexibility index (Phi) is 2.46. The predicted octanol–water partition coefficient (Wildman–Crippen LogP) is 0.138. The molecular formula is C7H13NO3. The van der Waals surface area contributed by atoms with Gasteiger partial charge < -0.3 is 9.84 Å². The number of carboxylic acids is 1. The van der Waals surface area contributed by atoms with Crippen molar-refractivity contribution in [1.29, 1.82) is 0 Å². The van der Waals surface area contributed by atoms with Crippen LogP contribution in [0.25, 0.3) is 0 Å². The lowest BCUT2D eigenvalue weighted by atomic mass is 10.2. The minimum atomic E-state index is -0.757. The van der Waals surface area contributed by atoms with E-state index >= 15 is 0 Å². The summed E-state index contributed by atoms with van der Waals surface area (Å²) in [5.74, 6) is -0.757. The van der Waals surface area contributed by atoms with Gasteiger partial charge in [0.05, 0.1) is 0 Å². The summed E-state index contributed by atoms with van der Waals surface area (Å²) in [4.78, 5) is 12.3. The lowest BCUT2D eigenvalue weighted by Crippen LogP contribution is -2.38. The molecule has 2 atom stereocenters. The average Bonchev–Trinajstić information content (AvgIpc) is 2.30. The van der Waals surface area contributed by atoms with Crippen LogP contribution in [0, 0.1) is 0 Å². The van der Waals surface area contributed by atoms with E-state index in [4.69, 9.17) is 9.84 Å². The summed E-state index contributed by atoms with van der Waals surface area (Å²) in [5, 5.41) is 8.70. The van der Waals surface area contributed by atoms with Crippen LogP contribution < -0.4 is 0 Å². The molecule has 0 bridgehead atoms. The van der Waals surface area contributed by atoms with Crippen LogP contribution in [0.3, 0.4) is 0 Å². The van der Waals surface area contributed by atoms with Crippen LogP contribution in [0.1, 0.15) is 12.8 Å². The number of carboxylic acid groups (broad SMARTS) is 1. The molecular weight excluding hydrogens is 146 g/mol. The summed E-state index contributed by atoms with van der Waals surface area (Å²) in [6.07, 6.45) is 1.48. The highest BCUT2D eigenvalue weighted by atomic mass is 16.5. The fraction of sp³-hybridized carbons (Fsp3) is 0.857. The number of nitrogens with zero attached hydrogens (tertiary/aromatic N) is 1. The number of hydrogen-bond acceptors (Lipinski definition) is 3. The third-order valence-corrected chi connectivity index (χ3v) is 2.19. The molecule has 64 valence electrons. The Bertz CT molecular complexity index is 160. The molecule has 0 saturated carbocycles. The second kappa shape index (κ2) is 3.19. The molecule has 4 nitrogen and oxygen atoms in total. The molecule has 1 fully saturated rings. The van der Waals surface area contributed by atoms with Crippen molar-refractivity contribution in [2.45, 2.75) is 25.1 Å². The van der Waals surface area contributed by atoms with Gasteiger partial charge in [-0.1, -0.05) is 0 Å². The Morgan fingerprint density at radius 2 is 2.27 bits per heavy atom. The molecule has 4 heteroatoms. The van der Waals surface area contributed by atoms with Gasteiger partial charge in [-0.25, -0.2) is 0 Å². The molecule has 11 heavy (non-hydrogen) atoms. The summed E-state index contributed by atoms with van der Waals surface area (Å²) < 4.78 is 5.07. The molecule has 1 aliphatic heterocycles. The van der Waals surface area contributed by atoms with Crippen molar-refractivity contribution in [2.75, 3.05) is 14.2 Å². The van der Waals surface area contributed by atoms with Gasteiger partial charge in [0, 0.05) is 7.11 Å². The summed E-state index contributed by atoms with van der Waals surface area (Å²) in [6.45, 7) is 0. The number of rotatable bonds is 2. The number of methoxy groups -OCH3 is 1. The maximum atomic E-state index is 10.6. The first-order valence-electron chi connectivity index (χ1n) is 3.64. The average molecular weight is 159 g/mol. The van der Waals surface area contributed by atoms with Gasteiger partial charge in [0.2, 0.25) is 0 Å². The highest BCUT2D eigenvalue weighted by molar-refractivity contribution is 5.73. The first-order chi connectivity index (χ1) is 5.16. The van der Waals surface area contributed by atoms with Gasteiger partial charge in [-0.15, -0.1) is 0 Å². The van der Waals surface area contributed by atoms with E-state index in [0.29, 0.717) is 6.42 Å². The van der Waals surface area contributed by atoms with Crippen molar-refractivity contribution < 1.29 is 14.6 Å². The zero-order chi connectivity index (χ0) is 8.43. The topological polar surface area (TPSA) is 49.8 Å². The van der Waals surface area contributed by atoms with Gasteiger partial charge in [-0.3, -0.25) is 9.69 Å². The van der Waals surface area contributed by atoms with E-state index in [0.717, 1.165) is 6.42 Å². The van der Waals surface area contributed by atoms with E-state index < -0.39 is 5.97 Å². The van der Waals surface area contributed by atoms with Crippen LogP contribution in [0.15, 0.2) is 0 Å². The number of hydrogen-bond donors (Lipinski definition) is 1. The molecule has 1 rings (SSSR count). The van der Waals surface area contributed by atoms with Crippen molar-refractivity contribution in [3.8, 4) is 0 Å². The summed E-state index contributed by atoms with van der Waals surface area (Å²) >= 11 is 0. The van der Waals surface area contributed by atoms with Gasteiger partial charge >= 0.3 is 5.97 Å². The van der Waals surface area contributed by atoms with Gasteiger partial charge in [0.1, 0.15) is 12.3 Å². The molecule has 0 aliphatic carbocycles. The maximum absolute atomic E-state index is 10.6. The molecule has 0 aromatic rings. The zero-order valence-corrected chi connectivity index (χ0v) is 6.78. The Balaban J connectivity index is 2.55. The molecule has 0 radical (unpaired) electrons. The number of ether oxygens (including phenoxy) is 1. The highest BCUT2D eigenvalue weighted by Gasteiger charge is 2.34. The van der Waals surface area contributed by atoms with Gasteiger partial charge in [0.15, 0.2) is 0 Å². The smallest absolute Gasteiger partial charge is 0.320 e. The lowest BCUT2D eigenvalue weighted by molar-refractivity contribution is -0.144. The minimum Gasteiger partial charge on any atom is -0.480 e. The van der Waals surface area contributed by atoms with E-state index in [1.807, 2.05) is 0 Å². The van der Waals surface area contributed by atoms with Crippen LogP contribution in [0.2, 0.25) is 0 Å². The normalized spacial score (nSPS) is 32.5. The van der Waals surface area contributed by atoms with E-state index in [9.17, 15) is 4.79 Å². The minimum absolute atomic E-state index is 0.0175. The first kappa shape index (κ1) is 8.49. The summed E-state index contributed by atoms with van der Waals surface area (Å²) in [6, 6.07) is -0.361. The van der Waals surface area contributed by atoms with Crippen molar-refractivity contribution in [3.63, 3.8) is 0 Å². The number of aliphatic carboxylic acids is 1. The van der Waals surface area contributed by atoms with Gasteiger partial charge in [0.25, 0.3) is 0 Å². The fourth-order valence-electron chi connectivity index (χ4n) is 1.49. The van der Waals surface area contributed by atoms with Gasteiger partial charge in [-0.05, 0) is 19.9 Å². The molecule has 1 unspecified atom stereocenters. The Morgan fingerprint density at radius 3 is 2.55 bits per heavy atom. The van der Waals surface area contributed by atoms with Crippen LogP contribution in [0.4, 0.5) is 0 Å². The van der Waals surface area contributed by atoms with Crippen LogP contribution in [0.5, 0.6) is 0 Å². The molecule has 0 spiro atoms. The van der Waals surface area contributed by atoms with Crippen molar-refractivity contribution in [3.05, 3.63) is 0 Å². The second-order valence-electron chi connectivity index (χ2n) is 2.79. The second-order valence-corrected chi connectivity index (χ2v) is 2.79. The molecule has 1 heterocycles. The van der Waals surface area contributed by atoms with E-state index in [1.54, 1.807) is 19.1 Å². The molecule has 1 N–H and O–H groups in total. The molecule has 1 aliphatic rings. The van der Waals surface area contributed by atoms with E-state index in [-0.39, 0.29) is 12.3 Å². The number of likely N-dealkylation sites (N-methyl/N-ethyl adjacent to an activating group) is 1. The Labute approximate surface area is 65.8 Å². The zero-order valence-electron chi connectivity index (χ0n) is 6.78. The van der Waals surface area contributed by atoms with Crippen molar-refractivity contribution >= 4 is 5.97 Å². The number of carbonyl (C=O) groups is 1. The SMILES string of the molecule is COC1CC[C@@H](C(=O)O)N1C. The summed E-state index contributed by atoms with van der Waals surface area (Å²) in [5.41, 5.74) is 0. The van der Waals surface area contributed by atoms with Crippen LogP contribution >= 0.6 is 0 Å². The molecule has 0 amide bonds. The molecule has 0 aromatic heterocycles. The monoisotopic (exact) mass is 159 g/mol. The van der Waals surface area contributed by atoms with Gasteiger partial charge in [-0.2, -0.15) is 0 Å². The van der Waals surface area contributed by atoms with Crippen LogP contribution in [-0.4, -0.2) is 42.4 Å². The highest BCUT2D eigenvalue weighted by Crippen LogP contribution is 2.22. The molecule has 1 saturated heterocycles. The third-order valence-electron chi connectivity index (χ3n) is 2.19. The quantitative estimate of drug-likeness (QED) is 0.622. The van der Waals surface area contributed by atoms with E-state index in [2.05, 4.69) is 0 Å². The fourth-order valence-corrected chi connectivity index (χ4v) is 1.49. The Morgan fingerprint density at radius 1 is 1.64 bits per heavy atom. The summed E-state index contributed by atoms with van der Waals surface area (Å²) in [7, 11) is 3.38. The standard InChI is InChI=1S/C7H13NO3/c1-8-5(7(9)10)3-4-6(8)11-2/h5-6H,3-4H2,1-2H3,(H,9,10)/t5-,6?/m0/s1. The first-order valence-corrected chi connectivity index (χ1v) is 3.64. The number of likely N-dealkylation sites (tertiary alicyclic amines) is 1.